The van der Waals surface area contributed by atoms with Crippen LogP contribution in [0.3, 0.4) is 0 Å². The Morgan fingerprint density at radius 2 is 1.92 bits per heavy atom. The summed E-state index contributed by atoms with van der Waals surface area (Å²) in [5.41, 5.74) is 0. The third kappa shape index (κ3) is 8.44. The zero-order valence-electron chi connectivity index (χ0n) is 6.94. The van der Waals surface area contributed by atoms with E-state index in [0.717, 1.165) is 0 Å². The van der Waals surface area contributed by atoms with Gasteiger partial charge in [0, 0.05) is 6.42 Å². The van der Waals surface area contributed by atoms with Gasteiger partial charge < -0.3 is 4.74 Å². The maximum atomic E-state index is 10.9. The molecule has 0 aliphatic rings. The van der Waals surface area contributed by atoms with Crippen molar-refractivity contribution in [2.45, 2.75) is 24.1 Å². The molecule has 0 rings (SSSR count). The van der Waals surface area contributed by atoms with Crippen molar-refractivity contribution in [2.24, 2.45) is 5.92 Å². The highest BCUT2D eigenvalue weighted by Crippen LogP contribution is 2.26. The van der Waals surface area contributed by atoms with Crippen molar-refractivity contribution in [3.05, 3.63) is 0 Å². The van der Waals surface area contributed by atoms with E-state index in [1.807, 2.05) is 13.8 Å². The maximum absolute atomic E-state index is 10.9. The number of rotatable bonds is 3. The van der Waals surface area contributed by atoms with Gasteiger partial charge in [-0.3, -0.25) is 4.79 Å². The van der Waals surface area contributed by atoms with Gasteiger partial charge in [-0.1, -0.05) is 48.7 Å². The van der Waals surface area contributed by atoms with E-state index in [1.54, 1.807) is 0 Å². The van der Waals surface area contributed by atoms with Crippen LogP contribution in [0.25, 0.3) is 0 Å². The molecule has 0 saturated carbocycles. The van der Waals surface area contributed by atoms with Crippen molar-refractivity contribution in [3.8, 4) is 0 Å². The third-order valence-electron chi connectivity index (χ3n) is 0.972. The molecule has 72 valence electrons. The third-order valence-corrected chi connectivity index (χ3v) is 1.30. The predicted molar refractivity (Wildman–Crippen MR) is 50.7 cm³/mol. The topological polar surface area (TPSA) is 26.3 Å². The van der Waals surface area contributed by atoms with E-state index in [-0.39, 0.29) is 18.5 Å². The average molecular weight is 234 g/mol. The van der Waals surface area contributed by atoms with Gasteiger partial charge in [-0.25, -0.2) is 0 Å². The first-order chi connectivity index (χ1) is 5.31. The smallest absolute Gasteiger partial charge is 0.306 e. The molecule has 5 heteroatoms. The summed E-state index contributed by atoms with van der Waals surface area (Å²) in [5, 5.41) is 0. The zero-order valence-corrected chi connectivity index (χ0v) is 9.21. The van der Waals surface area contributed by atoms with Crippen LogP contribution in [-0.4, -0.2) is 16.4 Å². The Kier molecular flexibility index (Phi) is 5.30. The molecule has 0 aliphatic heterocycles. The maximum Gasteiger partial charge on any atom is 0.306 e. The lowest BCUT2D eigenvalue weighted by molar-refractivity contribution is -0.144. The molecule has 0 aromatic rings. The van der Waals surface area contributed by atoms with Crippen molar-refractivity contribution >= 4 is 40.8 Å². The molecule has 0 aromatic heterocycles. The van der Waals surface area contributed by atoms with Crippen LogP contribution in [0.5, 0.6) is 0 Å². The Morgan fingerprint density at radius 3 is 2.25 bits per heavy atom. The minimum atomic E-state index is -1.51. The lowest BCUT2D eigenvalue weighted by atomic mass is 10.1. The van der Waals surface area contributed by atoms with Gasteiger partial charge in [0.15, 0.2) is 0 Å². The number of alkyl halides is 3. The molecular formula is C7H11Cl3O2. The molecule has 0 unspecified atom stereocenters. The number of ether oxygens (including phenoxy) is 1. The van der Waals surface area contributed by atoms with Crippen LogP contribution in [-0.2, 0) is 9.53 Å². The molecule has 0 radical (unpaired) electrons. The molecule has 0 N–H and O–H groups in total. The first-order valence-corrected chi connectivity index (χ1v) is 4.67. The number of hydrogen-bond donors (Lipinski definition) is 0. The summed E-state index contributed by atoms with van der Waals surface area (Å²) < 4.78 is 3.18. The second kappa shape index (κ2) is 5.15. The molecule has 0 atom stereocenters. The molecule has 0 bridgehead atoms. The van der Waals surface area contributed by atoms with E-state index >= 15 is 0 Å². The molecule has 0 aliphatic carbocycles. The average Bonchev–Trinajstić information content (AvgIpc) is 1.80. The summed E-state index contributed by atoms with van der Waals surface area (Å²) in [6.45, 7) is 3.64. The van der Waals surface area contributed by atoms with Crippen LogP contribution in [0.2, 0.25) is 0 Å². The lowest BCUT2D eigenvalue weighted by Crippen LogP contribution is -2.18. The Morgan fingerprint density at radius 1 is 1.42 bits per heavy atom. The van der Waals surface area contributed by atoms with Gasteiger partial charge in [-0.15, -0.1) is 0 Å². The Labute approximate surface area is 87.1 Å². The molecule has 0 saturated heterocycles. The van der Waals surface area contributed by atoms with Gasteiger partial charge in [0.2, 0.25) is 3.79 Å². The largest absolute Gasteiger partial charge is 0.461 e. The van der Waals surface area contributed by atoms with Gasteiger partial charge in [0.05, 0.1) is 0 Å². The second-order valence-corrected chi connectivity index (χ2v) is 5.39. The van der Waals surface area contributed by atoms with E-state index < -0.39 is 3.79 Å². The molecule has 0 spiro atoms. The van der Waals surface area contributed by atoms with Crippen LogP contribution in [0, 0.1) is 5.92 Å². The molecule has 0 fully saturated rings. The fourth-order valence-corrected chi connectivity index (χ4v) is 0.718. The van der Waals surface area contributed by atoms with Crippen LogP contribution in [0.4, 0.5) is 0 Å². The summed E-state index contributed by atoms with van der Waals surface area (Å²) >= 11 is 16.1. The normalized spacial score (nSPS) is 11.8. The molecule has 0 aromatic carbocycles. The molecule has 2 nitrogen and oxygen atoms in total. The number of carbonyl (C=O) groups is 1. The first-order valence-electron chi connectivity index (χ1n) is 3.53. The van der Waals surface area contributed by atoms with Gasteiger partial charge >= 0.3 is 5.97 Å². The van der Waals surface area contributed by atoms with Crippen LogP contribution in [0.15, 0.2) is 0 Å². The monoisotopic (exact) mass is 232 g/mol. The van der Waals surface area contributed by atoms with Crippen molar-refractivity contribution < 1.29 is 9.53 Å². The van der Waals surface area contributed by atoms with Gasteiger partial charge in [0.25, 0.3) is 0 Å². The summed E-state index contributed by atoms with van der Waals surface area (Å²) in [6, 6.07) is 0. The van der Waals surface area contributed by atoms with Gasteiger partial charge in [-0.2, -0.15) is 0 Å². The van der Waals surface area contributed by atoms with E-state index in [0.29, 0.717) is 6.42 Å². The summed E-state index contributed by atoms with van der Waals surface area (Å²) in [6.07, 6.45) is 0.348. The Hall–Kier alpha value is 0.340. The number of carbonyl (C=O) groups excluding carboxylic acids is 1. The van der Waals surface area contributed by atoms with Gasteiger partial charge in [0.1, 0.15) is 6.61 Å². The van der Waals surface area contributed by atoms with Crippen LogP contribution < -0.4 is 0 Å². The first kappa shape index (κ1) is 12.3. The quantitative estimate of drug-likeness (QED) is 0.553. The van der Waals surface area contributed by atoms with Crippen LogP contribution in [0.1, 0.15) is 20.3 Å². The number of hydrogen-bond acceptors (Lipinski definition) is 2. The molecule has 0 amide bonds. The molecular weight excluding hydrogens is 222 g/mol. The van der Waals surface area contributed by atoms with Crippen molar-refractivity contribution in [1.82, 2.24) is 0 Å². The SMILES string of the molecule is CC(C)CC(=O)OCC(Cl)(Cl)Cl. The number of halogens is 3. The van der Waals surface area contributed by atoms with E-state index in [2.05, 4.69) is 4.74 Å². The standard InChI is InChI=1S/C7H11Cl3O2/c1-5(2)3-6(11)12-4-7(8,9)10/h5H,3-4H2,1-2H3. The second-order valence-electron chi connectivity index (χ2n) is 2.87. The molecule has 0 heterocycles. The Bertz CT molecular complexity index is 151. The molecule has 12 heavy (non-hydrogen) atoms. The summed E-state index contributed by atoms with van der Waals surface area (Å²) in [5.74, 6) is -0.0794. The summed E-state index contributed by atoms with van der Waals surface area (Å²) in [7, 11) is 0. The van der Waals surface area contributed by atoms with E-state index in [1.165, 1.54) is 0 Å². The van der Waals surface area contributed by atoms with Gasteiger partial charge in [-0.05, 0) is 5.92 Å². The van der Waals surface area contributed by atoms with Crippen LogP contribution >= 0.6 is 34.8 Å². The van der Waals surface area contributed by atoms with Crippen molar-refractivity contribution in [1.29, 1.82) is 0 Å². The highest BCUT2D eigenvalue weighted by molar-refractivity contribution is 6.67. The predicted octanol–water partition coefficient (Wildman–Crippen LogP) is 2.95. The number of esters is 1. The minimum absolute atomic E-state index is 0.191. The van der Waals surface area contributed by atoms with E-state index in [9.17, 15) is 4.79 Å². The lowest BCUT2D eigenvalue weighted by Gasteiger charge is -2.11. The van der Waals surface area contributed by atoms with Crippen molar-refractivity contribution in [2.75, 3.05) is 6.61 Å². The van der Waals surface area contributed by atoms with Crippen molar-refractivity contribution in [3.63, 3.8) is 0 Å². The summed E-state index contributed by atoms with van der Waals surface area (Å²) in [4.78, 5) is 10.9. The fourth-order valence-electron chi connectivity index (χ4n) is 0.555. The van der Waals surface area contributed by atoms with E-state index in [4.69, 9.17) is 34.8 Å². The fraction of sp³-hybridized carbons (Fsp3) is 0.857. The highest BCUT2D eigenvalue weighted by atomic mass is 35.6. The highest BCUT2D eigenvalue weighted by Gasteiger charge is 2.22. The zero-order chi connectivity index (χ0) is 9.78. The minimum Gasteiger partial charge on any atom is -0.461 e. The Balaban J connectivity index is 3.58.